The molecule has 0 spiro atoms. The third-order valence-electron chi connectivity index (χ3n) is 4.62. The third-order valence-corrected chi connectivity index (χ3v) is 5.95. The van der Waals surface area contributed by atoms with Crippen LogP contribution in [0.1, 0.15) is 44.6 Å². The molecule has 1 heterocycles. The Bertz CT molecular complexity index is 795. The largest absolute Gasteiger partial charge is 0.490 e. The van der Waals surface area contributed by atoms with Gasteiger partial charge in [0.05, 0.1) is 11.5 Å². The van der Waals surface area contributed by atoms with Crippen molar-refractivity contribution < 1.29 is 14.3 Å². The number of hydrogen-bond acceptors (Lipinski definition) is 6. The Morgan fingerprint density at radius 1 is 1.30 bits per heavy atom. The molecule has 1 saturated carbocycles. The van der Waals surface area contributed by atoms with Crippen molar-refractivity contribution in [2.45, 2.75) is 45.1 Å². The highest BCUT2D eigenvalue weighted by atomic mass is 32.2. The summed E-state index contributed by atoms with van der Waals surface area (Å²) in [6.07, 6.45) is 7.45. The minimum Gasteiger partial charge on any atom is -0.490 e. The first kappa shape index (κ1) is 19.7. The van der Waals surface area contributed by atoms with Crippen LogP contribution < -0.4 is 9.47 Å². The van der Waals surface area contributed by atoms with Gasteiger partial charge in [0, 0.05) is 6.04 Å². The number of hydrogen-bond donors (Lipinski definition) is 0. The lowest BCUT2D eigenvalue weighted by Crippen LogP contribution is -2.39. The fourth-order valence-corrected chi connectivity index (χ4v) is 4.80. The maximum absolute atomic E-state index is 12.9. The molecule has 0 bridgehead atoms. The van der Waals surface area contributed by atoms with E-state index in [9.17, 15) is 4.79 Å². The van der Waals surface area contributed by atoms with Gasteiger partial charge in [-0.3, -0.25) is 9.69 Å². The van der Waals surface area contributed by atoms with E-state index >= 15 is 0 Å². The van der Waals surface area contributed by atoms with Gasteiger partial charge in [0.2, 0.25) is 0 Å². The van der Waals surface area contributed by atoms with Crippen molar-refractivity contribution in [3.05, 3.63) is 28.7 Å². The molecule has 0 atom stereocenters. The summed E-state index contributed by atoms with van der Waals surface area (Å²) in [5, 5.41) is 8.70. The number of nitriles is 1. The normalized spacial score (nSPS) is 19.4. The molecule has 7 heteroatoms. The van der Waals surface area contributed by atoms with E-state index in [1.54, 1.807) is 11.0 Å². The SMILES string of the molecule is CCOc1cc(/C=C2/SC(=S)N(C3CCCCC3)C2=O)ccc1OCC#N. The van der Waals surface area contributed by atoms with Crippen molar-refractivity contribution in [2.24, 2.45) is 0 Å². The molecule has 27 heavy (non-hydrogen) atoms. The highest BCUT2D eigenvalue weighted by Crippen LogP contribution is 2.38. The Labute approximate surface area is 169 Å². The smallest absolute Gasteiger partial charge is 0.266 e. The number of benzene rings is 1. The van der Waals surface area contributed by atoms with Gasteiger partial charge < -0.3 is 9.47 Å². The summed E-state index contributed by atoms with van der Waals surface area (Å²) in [5.74, 6) is 1.08. The van der Waals surface area contributed by atoms with Gasteiger partial charge in [-0.25, -0.2) is 0 Å². The lowest BCUT2D eigenvalue weighted by atomic mass is 9.94. The zero-order valence-electron chi connectivity index (χ0n) is 15.3. The zero-order chi connectivity index (χ0) is 19.2. The number of rotatable bonds is 6. The van der Waals surface area contributed by atoms with E-state index in [4.69, 9.17) is 27.0 Å². The maximum atomic E-state index is 12.9. The molecule has 0 unspecified atom stereocenters. The van der Waals surface area contributed by atoms with Crippen LogP contribution >= 0.6 is 24.0 Å². The van der Waals surface area contributed by atoms with Gasteiger partial charge in [-0.1, -0.05) is 49.3 Å². The second-order valence-corrected chi connectivity index (χ2v) is 8.11. The number of thioether (sulfide) groups is 1. The lowest BCUT2D eigenvalue weighted by Gasteiger charge is -2.29. The van der Waals surface area contributed by atoms with Crippen LogP contribution in [0, 0.1) is 11.3 Å². The Kier molecular flexibility index (Phi) is 6.75. The van der Waals surface area contributed by atoms with E-state index in [-0.39, 0.29) is 18.6 Å². The Morgan fingerprint density at radius 3 is 2.78 bits per heavy atom. The average molecular weight is 403 g/mol. The van der Waals surface area contributed by atoms with Crippen molar-refractivity contribution in [1.29, 1.82) is 5.26 Å². The molecule has 2 fully saturated rings. The van der Waals surface area contributed by atoms with Gasteiger partial charge >= 0.3 is 0 Å². The molecule has 1 saturated heterocycles. The highest BCUT2D eigenvalue weighted by Gasteiger charge is 2.37. The molecule has 5 nitrogen and oxygen atoms in total. The molecule has 0 radical (unpaired) electrons. The molecule has 0 N–H and O–H groups in total. The zero-order valence-corrected chi connectivity index (χ0v) is 16.9. The molecule has 0 aromatic heterocycles. The van der Waals surface area contributed by atoms with Gasteiger partial charge in [0.25, 0.3) is 5.91 Å². The van der Waals surface area contributed by atoms with Crippen LogP contribution in [-0.4, -0.2) is 34.4 Å². The fraction of sp³-hybridized carbons (Fsp3) is 0.450. The molecule has 1 aromatic carbocycles. The predicted octanol–water partition coefficient (Wildman–Crippen LogP) is 4.52. The van der Waals surface area contributed by atoms with Crippen LogP contribution in [0.3, 0.4) is 0 Å². The maximum Gasteiger partial charge on any atom is 0.266 e. The van der Waals surface area contributed by atoms with E-state index in [0.717, 1.165) is 31.2 Å². The van der Waals surface area contributed by atoms with Gasteiger partial charge in [-0.15, -0.1) is 0 Å². The lowest BCUT2D eigenvalue weighted by molar-refractivity contribution is -0.124. The number of carbonyl (C=O) groups is 1. The average Bonchev–Trinajstić information content (AvgIpc) is 2.95. The summed E-state index contributed by atoms with van der Waals surface area (Å²) >= 11 is 6.84. The monoisotopic (exact) mass is 402 g/mol. The first-order chi connectivity index (χ1) is 13.1. The standard InChI is InChI=1S/C20H22N2O3S2/c1-2-24-17-12-14(8-9-16(17)25-11-10-21)13-18-19(23)22(20(26)27-18)15-6-4-3-5-7-15/h8-9,12-13,15H,2-7,11H2,1H3/b18-13+. The summed E-state index contributed by atoms with van der Waals surface area (Å²) in [4.78, 5) is 15.3. The Balaban J connectivity index is 1.81. The van der Waals surface area contributed by atoms with Crippen molar-refractivity contribution in [3.63, 3.8) is 0 Å². The van der Waals surface area contributed by atoms with Crippen molar-refractivity contribution in [1.82, 2.24) is 4.90 Å². The molecule has 2 aliphatic rings. The molecule has 1 amide bonds. The van der Waals surface area contributed by atoms with E-state index in [1.165, 1.54) is 18.2 Å². The van der Waals surface area contributed by atoms with Gasteiger partial charge in [-0.2, -0.15) is 5.26 Å². The Hall–Kier alpha value is -2.04. The Morgan fingerprint density at radius 2 is 2.07 bits per heavy atom. The number of ether oxygens (including phenoxy) is 2. The fourth-order valence-electron chi connectivity index (χ4n) is 3.40. The summed E-state index contributed by atoms with van der Waals surface area (Å²) < 4.78 is 11.7. The number of nitrogens with zero attached hydrogens (tertiary/aromatic N) is 2. The molecule has 1 aromatic rings. The highest BCUT2D eigenvalue weighted by molar-refractivity contribution is 8.26. The second-order valence-electron chi connectivity index (χ2n) is 6.43. The third kappa shape index (κ3) is 4.63. The van der Waals surface area contributed by atoms with Crippen LogP contribution in [-0.2, 0) is 4.79 Å². The van der Waals surface area contributed by atoms with E-state index < -0.39 is 0 Å². The predicted molar refractivity (Wildman–Crippen MR) is 111 cm³/mol. The minimum absolute atomic E-state index is 0.000308. The summed E-state index contributed by atoms with van der Waals surface area (Å²) in [6.45, 7) is 2.33. The topological polar surface area (TPSA) is 62.6 Å². The van der Waals surface area contributed by atoms with E-state index in [2.05, 4.69) is 0 Å². The van der Waals surface area contributed by atoms with Crippen molar-refractivity contribution in [3.8, 4) is 17.6 Å². The van der Waals surface area contributed by atoms with Gasteiger partial charge in [0.1, 0.15) is 10.4 Å². The number of carbonyl (C=O) groups excluding carboxylic acids is 1. The molecular formula is C20H22N2O3S2. The molecule has 1 aliphatic heterocycles. The van der Waals surface area contributed by atoms with E-state index in [0.29, 0.717) is 27.3 Å². The summed E-state index contributed by atoms with van der Waals surface area (Å²) in [6, 6.07) is 7.61. The van der Waals surface area contributed by atoms with Crippen LogP contribution in [0.15, 0.2) is 23.1 Å². The van der Waals surface area contributed by atoms with E-state index in [1.807, 2.05) is 31.2 Å². The molecule has 142 valence electrons. The minimum atomic E-state index is -0.0422. The molecule has 3 rings (SSSR count). The van der Waals surface area contributed by atoms with Crippen LogP contribution in [0.2, 0.25) is 0 Å². The quantitative estimate of drug-likeness (QED) is 0.515. The number of thiocarbonyl (C=S) groups is 1. The molecular weight excluding hydrogens is 380 g/mol. The van der Waals surface area contributed by atoms with Crippen LogP contribution in [0.25, 0.3) is 6.08 Å². The summed E-state index contributed by atoms with van der Waals surface area (Å²) in [5.41, 5.74) is 0.840. The van der Waals surface area contributed by atoms with Gasteiger partial charge in [-0.05, 0) is 43.5 Å². The van der Waals surface area contributed by atoms with Crippen molar-refractivity contribution in [2.75, 3.05) is 13.2 Å². The van der Waals surface area contributed by atoms with Crippen molar-refractivity contribution >= 4 is 40.3 Å². The first-order valence-corrected chi connectivity index (χ1v) is 10.4. The van der Waals surface area contributed by atoms with Gasteiger partial charge in [0.15, 0.2) is 18.1 Å². The second kappa shape index (κ2) is 9.25. The van der Waals surface area contributed by atoms with Crippen LogP contribution in [0.4, 0.5) is 0 Å². The first-order valence-electron chi connectivity index (χ1n) is 9.17. The number of amides is 1. The summed E-state index contributed by atoms with van der Waals surface area (Å²) in [7, 11) is 0. The van der Waals surface area contributed by atoms with Crippen LogP contribution in [0.5, 0.6) is 11.5 Å². The molecule has 1 aliphatic carbocycles.